The lowest BCUT2D eigenvalue weighted by Gasteiger charge is -2.31. The maximum absolute atomic E-state index is 13.8. The highest BCUT2D eigenvalue weighted by Crippen LogP contribution is 2.23. The number of nitro benzene ring substituents is 1. The molecule has 1 fully saturated rings. The number of benzene rings is 2. The Morgan fingerprint density at radius 2 is 1.75 bits per heavy atom. The molecule has 10 nitrogen and oxygen atoms in total. The van der Waals surface area contributed by atoms with Crippen LogP contribution in [0.4, 0.5) is 10.1 Å². The molecule has 0 radical (unpaired) electrons. The van der Waals surface area contributed by atoms with Crippen LogP contribution in [0.15, 0.2) is 64.9 Å². The van der Waals surface area contributed by atoms with Crippen molar-refractivity contribution in [2.45, 2.75) is 24.9 Å². The van der Waals surface area contributed by atoms with Gasteiger partial charge in [-0.2, -0.15) is 4.31 Å². The normalized spacial score (nSPS) is 14.4. The summed E-state index contributed by atoms with van der Waals surface area (Å²) in [5.41, 5.74) is 1.50. The summed E-state index contributed by atoms with van der Waals surface area (Å²) in [7, 11) is -4.16. The number of hydrogen-bond acceptors (Lipinski definition) is 8. The van der Waals surface area contributed by atoms with Gasteiger partial charge >= 0.3 is 0 Å². The molecule has 0 aliphatic carbocycles. The van der Waals surface area contributed by atoms with Crippen molar-refractivity contribution in [3.63, 3.8) is 0 Å². The fourth-order valence-electron chi connectivity index (χ4n) is 4.28. The summed E-state index contributed by atoms with van der Waals surface area (Å²) in [4.78, 5) is 28.7. The summed E-state index contributed by atoms with van der Waals surface area (Å²) in [5, 5.41) is 13.0. The largest absolute Gasteiger partial charge is 0.379 e. The van der Waals surface area contributed by atoms with Gasteiger partial charge in [0.15, 0.2) is 0 Å². The van der Waals surface area contributed by atoms with Gasteiger partial charge in [-0.05, 0) is 53.8 Å². The lowest BCUT2D eigenvalue weighted by Crippen LogP contribution is -2.47. The van der Waals surface area contributed by atoms with E-state index in [9.17, 15) is 27.7 Å². The van der Waals surface area contributed by atoms with E-state index in [1.165, 1.54) is 35.6 Å². The number of halogens is 1. The van der Waals surface area contributed by atoms with Gasteiger partial charge in [0.1, 0.15) is 5.82 Å². The second kappa shape index (κ2) is 13.4. The van der Waals surface area contributed by atoms with Crippen LogP contribution in [-0.2, 0) is 32.6 Å². The van der Waals surface area contributed by atoms with Crippen molar-refractivity contribution in [1.82, 2.24) is 14.1 Å². The third-order valence-electron chi connectivity index (χ3n) is 6.71. The molecule has 4 rings (SSSR count). The van der Waals surface area contributed by atoms with E-state index in [1.54, 1.807) is 17.0 Å². The first-order chi connectivity index (χ1) is 19.1. The van der Waals surface area contributed by atoms with E-state index >= 15 is 0 Å². The van der Waals surface area contributed by atoms with E-state index in [0.717, 1.165) is 26.9 Å². The quantitative estimate of drug-likeness (QED) is 0.234. The number of ether oxygens (including phenoxy) is 1. The number of carbonyl (C=O) groups excluding carboxylic acids is 1. The number of rotatable bonds is 12. The zero-order chi connectivity index (χ0) is 28.7. The molecule has 0 saturated carbocycles. The molecule has 0 atom stereocenters. The molecule has 0 spiro atoms. The number of amides is 1. The molecule has 2 aromatic carbocycles. The zero-order valence-corrected chi connectivity index (χ0v) is 23.7. The first-order valence-corrected chi connectivity index (χ1v) is 15.1. The number of morpholine rings is 1. The minimum Gasteiger partial charge on any atom is -0.379 e. The summed E-state index contributed by atoms with van der Waals surface area (Å²) in [6.45, 7) is 4.79. The van der Waals surface area contributed by atoms with Crippen molar-refractivity contribution in [1.29, 1.82) is 0 Å². The first-order valence-electron chi connectivity index (χ1n) is 12.7. The second-order valence-corrected chi connectivity index (χ2v) is 12.4. The summed E-state index contributed by atoms with van der Waals surface area (Å²) in [6.07, 6.45) is 0. The van der Waals surface area contributed by atoms with E-state index in [0.29, 0.717) is 38.4 Å². The molecular formula is C27H31FN4O6S2. The molecule has 214 valence electrons. The van der Waals surface area contributed by atoms with Crippen molar-refractivity contribution in [3.8, 4) is 0 Å². The molecule has 3 aromatic rings. The van der Waals surface area contributed by atoms with Crippen molar-refractivity contribution >= 4 is 33.0 Å². The first kappa shape index (κ1) is 29.7. The molecule has 1 aliphatic heterocycles. The number of nitro groups is 1. The van der Waals surface area contributed by atoms with Crippen molar-refractivity contribution < 1.29 is 27.3 Å². The average molecular weight is 591 g/mol. The minimum absolute atomic E-state index is 0.0491. The van der Waals surface area contributed by atoms with E-state index in [1.807, 2.05) is 18.4 Å². The number of nitrogens with zero attached hydrogens (tertiary/aromatic N) is 4. The van der Waals surface area contributed by atoms with Crippen LogP contribution in [0.3, 0.4) is 0 Å². The smallest absolute Gasteiger partial charge is 0.269 e. The van der Waals surface area contributed by atoms with E-state index in [2.05, 4.69) is 4.90 Å². The second-order valence-electron chi connectivity index (χ2n) is 9.45. The van der Waals surface area contributed by atoms with Gasteiger partial charge in [-0.25, -0.2) is 12.8 Å². The van der Waals surface area contributed by atoms with Gasteiger partial charge < -0.3 is 9.64 Å². The Morgan fingerprint density at radius 1 is 1.07 bits per heavy atom. The Labute approximate surface area is 236 Å². The number of carbonyl (C=O) groups is 1. The highest BCUT2D eigenvalue weighted by Gasteiger charge is 2.30. The molecule has 40 heavy (non-hydrogen) atoms. The van der Waals surface area contributed by atoms with Crippen LogP contribution in [0, 0.1) is 22.9 Å². The predicted octanol–water partition coefficient (Wildman–Crippen LogP) is 3.66. The van der Waals surface area contributed by atoms with Crippen LogP contribution in [0.2, 0.25) is 0 Å². The van der Waals surface area contributed by atoms with Crippen LogP contribution < -0.4 is 0 Å². The number of sulfonamides is 1. The molecule has 1 amide bonds. The van der Waals surface area contributed by atoms with Crippen LogP contribution in [0.1, 0.15) is 16.0 Å². The number of non-ortho nitro benzene ring substituents is 1. The van der Waals surface area contributed by atoms with Crippen LogP contribution in [0.5, 0.6) is 0 Å². The average Bonchev–Trinajstić information content (AvgIpc) is 3.36. The highest BCUT2D eigenvalue weighted by atomic mass is 32.2. The molecule has 1 saturated heterocycles. The molecule has 1 aromatic heterocycles. The highest BCUT2D eigenvalue weighted by molar-refractivity contribution is 7.89. The van der Waals surface area contributed by atoms with E-state index in [-0.39, 0.29) is 36.0 Å². The van der Waals surface area contributed by atoms with Gasteiger partial charge in [0.25, 0.3) is 5.69 Å². The Kier molecular flexibility index (Phi) is 9.98. The SMILES string of the molecule is Cc1ccsc1CN(Cc1ccc(F)cc1)C(=O)CN(CCN1CCOCC1)S(=O)(=O)c1ccc([N+](=O)[O-])cc1. The molecular weight excluding hydrogens is 559 g/mol. The molecule has 0 bridgehead atoms. The van der Waals surface area contributed by atoms with Crippen molar-refractivity contribution in [2.24, 2.45) is 0 Å². The Hall–Kier alpha value is -3.23. The van der Waals surface area contributed by atoms with Crippen molar-refractivity contribution in [3.05, 3.63) is 91.9 Å². The lowest BCUT2D eigenvalue weighted by molar-refractivity contribution is -0.384. The summed E-state index contributed by atoms with van der Waals surface area (Å²) in [5.74, 6) is -0.802. The van der Waals surface area contributed by atoms with Gasteiger partial charge in [-0.1, -0.05) is 12.1 Å². The number of aryl methyl sites for hydroxylation is 1. The maximum atomic E-state index is 13.8. The van der Waals surface area contributed by atoms with Crippen molar-refractivity contribution in [2.75, 3.05) is 45.9 Å². The van der Waals surface area contributed by atoms with Crippen LogP contribution >= 0.6 is 11.3 Å². The Bertz CT molecular complexity index is 1410. The third-order valence-corrected chi connectivity index (χ3v) is 9.58. The van der Waals surface area contributed by atoms with Gasteiger partial charge in [-0.15, -0.1) is 11.3 Å². The zero-order valence-electron chi connectivity index (χ0n) is 22.1. The molecule has 0 unspecified atom stereocenters. The summed E-state index contributed by atoms with van der Waals surface area (Å²) >= 11 is 1.50. The Balaban J connectivity index is 1.60. The molecule has 2 heterocycles. The van der Waals surface area contributed by atoms with Gasteiger partial charge in [-0.3, -0.25) is 19.8 Å². The summed E-state index contributed by atoms with van der Waals surface area (Å²) in [6, 6.07) is 12.4. The molecule has 1 aliphatic rings. The monoisotopic (exact) mass is 590 g/mol. The third kappa shape index (κ3) is 7.70. The van der Waals surface area contributed by atoms with Crippen LogP contribution in [0.25, 0.3) is 0 Å². The minimum atomic E-state index is -4.16. The lowest BCUT2D eigenvalue weighted by atomic mass is 10.2. The molecule has 13 heteroatoms. The summed E-state index contributed by atoms with van der Waals surface area (Å²) < 4.78 is 47.4. The number of thiophene rings is 1. The fourth-order valence-corrected chi connectivity index (χ4v) is 6.58. The molecule has 0 N–H and O–H groups in total. The van der Waals surface area contributed by atoms with Gasteiger partial charge in [0.2, 0.25) is 15.9 Å². The standard InChI is InChI=1S/C27H31FN4O6S2/c1-21-10-17-39-26(21)19-30(18-22-2-4-23(28)5-3-22)27(33)20-31(12-11-29-13-15-38-16-14-29)40(36,37)25-8-6-24(7-9-25)32(34)35/h2-10,17H,11-16,18-20H2,1H3. The van der Waals surface area contributed by atoms with E-state index < -0.39 is 27.4 Å². The predicted molar refractivity (Wildman–Crippen MR) is 149 cm³/mol. The van der Waals surface area contributed by atoms with Crippen LogP contribution in [-0.4, -0.2) is 79.3 Å². The number of hydrogen-bond donors (Lipinski definition) is 0. The van der Waals surface area contributed by atoms with Gasteiger partial charge in [0, 0.05) is 49.7 Å². The Morgan fingerprint density at radius 3 is 2.35 bits per heavy atom. The van der Waals surface area contributed by atoms with Gasteiger partial charge in [0.05, 0.1) is 36.1 Å². The topological polar surface area (TPSA) is 113 Å². The maximum Gasteiger partial charge on any atom is 0.269 e. The van der Waals surface area contributed by atoms with E-state index in [4.69, 9.17) is 4.74 Å². The fraction of sp³-hybridized carbons (Fsp3) is 0.370.